The van der Waals surface area contributed by atoms with Gasteiger partial charge in [0.15, 0.2) is 0 Å². The molecule has 0 spiro atoms. The minimum Gasteiger partial charge on any atom is -0.396 e. The second-order valence-corrected chi connectivity index (χ2v) is 3.32. The first-order chi connectivity index (χ1) is 7.76. The van der Waals surface area contributed by atoms with Crippen molar-refractivity contribution in [1.29, 1.82) is 0 Å². The van der Waals surface area contributed by atoms with Crippen molar-refractivity contribution < 1.29 is 5.11 Å². The minimum atomic E-state index is 0.274. The van der Waals surface area contributed by atoms with Gasteiger partial charge in [-0.2, -0.15) is 0 Å². The molecule has 0 aliphatic carbocycles. The predicted octanol–water partition coefficient (Wildman–Crippen LogP) is 3.03. The summed E-state index contributed by atoms with van der Waals surface area (Å²) in [7, 11) is 3.75. The largest absolute Gasteiger partial charge is 0.396 e. The summed E-state index contributed by atoms with van der Waals surface area (Å²) >= 11 is 0. The fraction of sp³-hybridized carbons (Fsp3) is 0.571. The van der Waals surface area contributed by atoms with Crippen molar-refractivity contribution in [2.45, 2.75) is 33.1 Å². The Balaban J connectivity index is 0. The number of nitrogens with one attached hydrogen (secondary N) is 1. The molecule has 16 heavy (non-hydrogen) atoms. The summed E-state index contributed by atoms with van der Waals surface area (Å²) in [5, 5.41) is 11.4. The minimum absolute atomic E-state index is 0.274. The molecule has 1 rings (SSSR count). The summed E-state index contributed by atoms with van der Waals surface area (Å²) in [4.78, 5) is 0. The van der Waals surface area contributed by atoms with Gasteiger partial charge in [-0.1, -0.05) is 51.1 Å². The fourth-order valence-electron chi connectivity index (χ4n) is 1.14. The highest BCUT2D eigenvalue weighted by atomic mass is 16.3. The Hall–Kier alpha value is -0.860. The first-order valence-corrected chi connectivity index (χ1v) is 6.00. The summed E-state index contributed by atoms with van der Waals surface area (Å²) in [5.74, 6) is 0.473. The van der Waals surface area contributed by atoms with Crippen molar-refractivity contribution in [1.82, 2.24) is 5.32 Å². The molecule has 2 nitrogen and oxygen atoms in total. The Kier molecular flexibility index (Phi) is 15.5. The Labute approximate surface area is 101 Å². The second kappa shape index (κ2) is 14.1. The van der Waals surface area contributed by atoms with Crippen LogP contribution in [0.2, 0.25) is 0 Å². The van der Waals surface area contributed by atoms with Crippen molar-refractivity contribution in [2.75, 3.05) is 20.7 Å². The number of aliphatic hydroxyl groups is 1. The predicted molar refractivity (Wildman–Crippen MR) is 72.9 cm³/mol. The molecule has 1 aromatic carbocycles. The standard InChI is InChI=1S/C10H14O.C2H7N.C2H6/c1-9(7-8-11)10-5-3-2-4-6-10;1-3-2;1-2/h2-6,9,11H,7-8H2,1H3;3H,1-2H3;1-2H3/t9-;;/m1../s1. The summed E-state index contributed by atoms with van der Waals surface area (Å²) in [6.07, 6.45) is 0.851. The highest BCUT2D eigenvalue weighted by Gasteiger charge is 2.01. The Morgan fingerprint density at radius 3 is 1.94 bits per heavy atom. The van der Waals surface area contributed by atoms with Crippen LogP contribution in [0.5, 0.6) is 0 Å². The lowest BCUT2D eigenvalue weighted by Crippen LogP contribution is -1.95. The molecule has 1 aromatic rings. The van der Waals surface area contributed by atoms with Crippen LogP contribution in [0.4, 0.5) is 0 Å². The van der Waals surface area contributed by atoms with E-state index < -0.39 is 0 Å². The van der Waals surface area contributed by atoms with E-state index in [0.717, 1.165) is 6.42 Å². The number of hydrogen-bond acceptors (Lipinski definition) is 2. The van der Waals surface area contributed by atoms with Crippen LogP contribution in [0.15, 0.2) is 30.3 Å². The third-order valence-corrected chi connectivity index (χ3v) is 1.93. The van der Waals surface area contributed by atoms with Gasteiger partial charge in [0.1, 0.15) is 0 Å². The van der Waals surface area contributed by atoms with Crippen LogP contribution in [-0.2, 0) is 0 Å². The van der Waals surface area contributed by atoms with Crippen molar-refractivity contribution in [3.05, 3.63) is 35.9 Å². The molecule has 94 valence electrons. The van der Waals surface area contributed by atoms with Crippen LogP contribution >= 0.6 is 0 Å². The molecular formula is C14H27NO. The molecule has 0 aliphatic heterocycles. The molecule has 0 heterocycles. The number of rotatable bonds is 3. The van der Waals surface area contributed by atoms with Crippen molar-refractivity contribution in [3.63, 3.8) is 0 Å². The smallest absolute Gasteiger partial charge is 0.0436 e. The molecule has 2 N–H and O–H groups in total. The van der Waals surface area contributed by atoms with E-state index in [4.69, 9.17) is 5.11 Å². The number of hydrogen-bond donors (Lipinski definition) is 2. The van der Waals surface area contributed by atoms with E-state index in [2.05, 4.69) is 24.4 Å². The molecule has 1 atom stereocenters. The third-order valence-electron chi connectivity index (χ3n) is 1.93. The van der Waals surface area contributed by atoms with Crippen LogP contribution in [0.25, 0.3) is 0 Å². The molecular weight excluding hydrogens is 198 g/mol. The van der Waals surface area contributed by atoms with E-state index in [1.807, 2.05) is 46.1 Å². The summed E-state index contributed by atoms with van der Waals surface area (Å²) in [6.45, 7) is 6.40. The number of aliphatic hydroxyl groups excluding tert-OH is 1. The zero-order chi connectivity index (χ0) is 12.8. The Bertz CT molecular complexity index is 211. The molecule has 0 saturated heterocycles. The van der Waals surface area contributed by atoms with Gasteiger partial charge in [-0.05, 0) is 32.0 Å². The zero-order valence-corrected chi connectivity index (χ0v) is 11.3. The van der Waals surface area contributed by atoms with Crippen molar-refractivity contribution in [3.8, 4) is 0 Å². The van der Waals surface area contributed by atoms with Gasteiger partial charge in [-0.25, -0.2) is 0 Å². The number of benzene rings is 1. The fourth-order valence-corrected chi connectivity index (χ4v) is 1.14. The van der Waals surface area contributed by atoms with E-state index in [0.29, 0.717) is 5.92 Å². The quantitative estimate of drug-likeness (QED) is 0.828. The maximum absolute atomic E-state index is 8.70. The lowest BCUT2D eigenvalue weighted by molar-refractivity contribution is 0.278. The molecule has 0 aromatic heterocycles. The van der Waals surface area contributed by atoms with Crippen molar-refractivity contribution >= 4 is 0 Å². The monoisotopic (exact) mass is 225 g/mol. The summed E-state index contributed by atoms with van der Waals surface area (Å²) in [6, 6.07) is 10.3. The van der Waals surface area contributed by atoms with Gasteiger partial charge in [-0.3, -0.25) is 0 Å². The maximum atomic E-state index is 8.70. The van der Waals surface area contributed by atoms with Gasteiger partial charge in [0.2, 0.25) is 0 Å². The summed E-state index contributed by atoms with van der Waals surface area (Å²) < 4.78 is 0. The van der Waals surface area contributed by atoms with Crippen LogP contribution in [-0.4, -0.2) is 25.8 Å². The van der Waals surface area contributed by atoms with Gasteiger partial charge >= 0.3 is 0 Å². The molecule has 0 radical (unpaired) electrons. The van der Waals surface area contributed by atoms with E-state index in [1.165, 1.54) is 5.56 Å². The first kappa shape index (κ1) is 17.5. The SMILES string of the molecule is CC.CNC.C[C@H](CCO)c1ccccc1. The van der Waals surface area contributed by atoms with Gasteiger partial charge in [0.05, 0.1) is 0 Å². The van der Waals surface area contributed by atoms with E-state index >= 15 is 0 Å². The third kappa shape index (κ3) is 9.69. The van der Waals surface area contributed by atoms with Gasteiger partial charge < -0.3 is 10.4 Å². The van der Waals surface area contributed by atoms with Crippen LogP contribution in [0, 0.1) is 0 Å². The van der Waals surface area contributed by atoms with Crippen molar-refractivity contribution in [2.24, 2.45) is 0 Å². The second-order valence-electron chi connectivity index (χ2n) is 3.32. The normalized spacial score (nSPS) is 10.4. The molecule has 0 aliphatic rings. The van der Waals surface area contributed by atoms with Gasteiger partial charge in [0, 0.05) is 6.61 Å². The van der Waals surface area contributed by atoms with Gasteiger partial charge in [-0.15, -0.1) is 0 Å². The molecule has 0 fully saturated rings. The lowest BCUT2D eigenvalue weighted by atomic mass is 9.99. The average molecular weight is 225 g/mol. The average Bonchev–Trinajstić information content (AvgIpc) is 2.34. The molecule has 2 heteroatoms. The Morgan fingerprint density at radius 1 is 1.12 bits per heavy atom. The van der Waals surface area contributed by atoms with Crippen LogP contribution in [0.1, 0.15) is 38.7 Å². The van der Waals surface area contributed by atoms with E-state index in [1.54, 1.807) is 0 Å². The molecule has 0 saturated carbocycles. The molecule has 0 bridgehead atoms. The summed E-state index contributed by atoms with van der Waals surface area (Å²) in [5.41, 5.74) is 1.31. The molecule has 0 amide bonds. The topological polar surface area (TPSA) is 32.3 Å². The highest BCUT2D eigenvalue weighted by molar-refractivity contribution is 5.18. The van der Waals surface area contributed by atoms with Crippen LogP contribution in [0.3, 0.4) is 0 Å². The lowest BCUT2D eigenvalue weighted by Gasteiger charge is -2.08. The van der Waals surface area contributed by atoms with E-state index in [9.17, 15) is 0 Å². The zero-order valence-electron chi connectivity index (χ0n) is 11.3. The first-order valence-electron chi connectivity index (χ1n) is 6.00. The maximum Gasteiger partial charge on any atom is 0.0436 e. The Morgan fingerprint density at radius 2 is 1.56 bits per heavy atom. The van der Waals surface area contributed by atoms with Crippen LogP contribution < -0.4 is 5.32 Å². The molecule has 0 unspecified atom stereocenters. The highest BCUT2D eigenvalue weighted by Crippen LogP contribution is 2.17. The van der Waals surface area contributed by atoms with Gasteiger partial charge in [0.25, 0.3) is 0 Å². The van der Waals surface area contributed by atoms with E-state index in [-0.39, 0.29) is 6.61 Å².